The van der Waals surface area contributed by atoms with Gasteiger partial charge in [-0.3, -0.25) is 19.2 Å². The minimum atomic E-state index is -0.277. The van der Waals surface area contributed by atoms with E-state index in [2.05, 4.69) is 173 Å². The highest BCUT2D eigenvalue weighted by molar-refractivity contribution is 6.45. The van der Waals surface area contributed by atoms with Gasteiger partial charge in [-0.05, 0) is 262 Å². The maximum atomic E-state index is 15.8. The molecule has 7 aromatic rings. The Hall–Kier alpha value is -5.88. The van der Waals surface area contributed by atoms with Crippen LogP contribution in [0.1, 0.15) is 392 Å². The monoisotopic (exact) mass is 1470 g/mol. The van der Waals surface area contributed by atoms with Gasteiger partial charge in [0.15, 0.2) is 0 Å². The highest BCUT2D eigenvalue weighted by Crippen LogP contribution is 2.48. The molecule has 0 saturated carbocycles. The summed E-state index contributed by atoms with van der Waals surface area (Å²) in [7, 11) is 0. The van der Waals surface area contributed by atoms with Gasteiger partial charge in [0.05, 0.1) is 11.4 Å². The number of fused-ring (bicyclic) bond motifs is 2. The number of aryl methyl sites for hydroxylation is 4. The van der Waals surface area contributed by atoms with Crippen molar-refractivity contribution >= 4 is 78.1 Å². The van der Waals surface area contributed by atoms with Crippen molar-refractivity contribution in [2.24, 2.45) is 71.0 Å². The number of nitrogens with zero attached hydrogens (tertiary/aromatic N) is 2. The molecule has 0 spiro atoms. The molecule has 2 aliphatic heterocycles. The molecule has 0 aliphatic carbocycles. The molecule has 2 aliphatic rings. The number of hydrogen-bond donors (Lipinski definition) is 0. The predicted molar refractivity (Wildman–Crippen MR) is 468 cm³/mol. The van der Waals surface area contributed by atoms with Gasteiger partial charge < -0.3 is 0 Å². The molecule has 0 bridgehead atoms. The van der Waals surface area contributed by atoms with Gasteiger partial charge >= 0.3 is 0 Å². The smallest absolute Gasteiger partial charge is 0.265 e. The lowest BCUT2D eigenvalue weighted by Crippen LogP contribution is -2.41. The van der Waals surface area contributed by atoms with Crippen molar-refractivity contribution in [2.75, 3.05) is 9.80 Å². The summed E-state index contributed by atoms with van der Waals surface area (Å²) in [5.74, 6) is 7.14. The van der Waals surface area contributed by atoms with E-state index in [4.69, 9.17) is 0 Å². The van der Waals surface area contributed by atoms with E-state index in [1.54, 1.807) is 0 Å². The third kappa shape index (κ3) is 23.2. The molecule has 0 aromatic heterocycles. The standard InChI is InChI=1S/C102H150N2O4/c1-67(2)31-19-37-73(13)43-25-49-79-63-83(64-80(50-26-44-74(14)38-20-32-68(3)4)85(79)53-29-47-77(17)41-23-35-71(9)10)103-99(105)91-59-55-87-89-57-61-93-98-94(62-58-90(96(89)98)88-56-60-92(100(103)106)97(91)95(87)88)102(108)104(101(93)107)84-65-81(51-27-45-75(15)39-21-33-69(5)6)86(54-30-48-78(18)42-24-36-72(11)12)82(66-84)52-28-46-76(16)40-22-34-70(7)8/h55-78H,19-54H2,1-18H3/t73-,74-,75-,76-,77-,78-/m1/s1. The van der Waals surface area contributed by atoms with E-state index in [9.17, 15) is 0 Å². The Morgan fingerprint density at radius 3 is 0.602 bits per heavy atom. The summed E-state index contributed by atoms with van der Waals surface area (Å²) in [5.41, 5.74) is 11.8. The largest absolute Gasteiger partial charge is 0.268 e. The van der Waals surface area contributed by atoms with Crippen LogP contribution in [0.3, 0.4) is 0 Å². The molecule has 592 valence electrons. The molecule has 6 heteroatoms. The van der Waals surface area contributed by atoms with E-state index >= 15 is 19.2 Å². The fourth-order valence-electron chi connectivity index (χ4n) is 19.0. The summed E-state index contributed by atoms with van der Waals surface area (Å²) in [5, 5.41) is 6.80. The lowest BCUT2D eigenvalue weighted by Gasteiger charge is -2.31. The van der Waals surface area contributed by atoms with Crippen LogP contribution in [0.4, 0.5) is 11.4 Å². The van der Waals surface area contributed by atoms with Crippen LogP contribution in [0.25, 0.3) is 43.1 Å². The fraction of sp³-hybridized carbons (Fsp3) is 0.647. The number of carbonyl (C=O) groups excluding carboxylic acids is 4. The summed E-state index contributed by atoms with van der Waals surface area (Å²) in [6, 6.07) is 25.2. The van der Waals surface area contributed by atoms with E-state index < -0.39 is 0 Å². The summed E-state index contributed by atoms with van der Waals surface area (Å²) in [4.78, 5) is 66.2. The van der Waals surface area contributed by atoms with Crippen LogP contribution >= 0.6 is 0 Å². The van der Waals surface area contributed by atoms with Gasteiger partial charge in [0, 0.05) is 33.0 Å². The summed E-state index contributed by atoms with van der Waals surface area (Å²) in [6.07, 6.45) is 42.3. The summed E-state index contributed by atoms with van der Waals surface area (Å²) >= 11 is 0. The Bertz CT molecular complexity index is 3570. The molecule has 9 rings (SSSR count). The second-order valence-corrected chi connectivity index (χ2v) is 38.5. The van der Waals surface area contributed by atoms with Crippen LogP contribution in [-0.4, -0.2) is 23.6 Å². The normalized spacial score (nSPS) is 15.3. The highest BCUT2D eigenvalue weighted by atomic mass is 16.2. The third-order valence-corrected chi connectivity index (χ3v) is 25.7. The highest BCUT2D eigenvalue weighted by Gasteiger charge is 2.39. The number of benzene rings is 7. The Labute approximate surface area is 658 Å². The third-order valence-electron chi connectivity index (χ3n) is 25.7. The van der Waals surface area contributed by atoms with Crippen LogP contribution in [0.15, 0.2) is 72.8 Å². The van der Waals surface area contributed by atoms with Crippen LogP contribution in [0.5, 0.6) is 0 Å². The molecule has 0 radical (unpaired) electrons. The average molecular weight is 1470 g/mol. The number of carbonyl (C=O) groups is 4. The maximum Gasteiger partial charge on any atom is 0.265 e. The molecule has 7 aromatic carbocycles. The van der Waals surface area contributed by atoms with Crippen molar-refractivity contribution in [1.82, 2.24) is 0 Å². The number of anilines is 2. The first-order valence-electron chi connectivity index (χ1n) is 45.0. The van der Waals surface area contributed by atoms with Gasteiger partial charge in [0.25, 0.3) is 23.6 Å². The molecule has 2 heterocycles. The zero-order valence-electron chi connectivity index (χ0n) is 71.8. The Balaban J connectivity index is 1.08. The van der Waals surface area contributed by atoms with Crippen molar-refractivity contribution in [3.63, 3.8) is 0 Å². The Kier molecular flexibility index (Phi) is 33.2. The van der Waals surface area contributed by atoms with Gasteiger partial charge in [-0.15, -0.1) is 0 Å². The van der Waals surface area contributed by atoms with E-state index in [-0.39, 0.29) is 23.6 Å². The number of imide groups is 2. The van der Waals surface area contributed by atoms with Gasteiger partial charge in [-0.25, -0.2) is 9.80 Å². The van der Waals surface area contributed by atoms with Crippen molar-refractivity contribution in [2.45, 2.75) is 356 Å². The van der Waals surface area contributed by atoms with Crippen molar-refractivity contribution < 1.29 is 19.2 Å². The van der Waals surface area contributed by atoms with Crippen LogP contribution in [0, 0.1) is 71.0 Å². The second kappa shape index (κ2) is 41.6. The van der Waals surface area contributed by atoms with Crippen LogP contribution in [0.2, 0.25) is 0 Å². The average Bonchev–Trinajstić information content (AvgIpc) is 0.689. The topological polar surface area (TPSA) is 74.8 Å². The molecular formula is C102H150N2O4. The zero-order valence-corrected chi connectivity index (χ0v) is 71.8. The van der Waals surface area contributed by atoms with Crippen molar-refractivity contribution in [3.05, 3.63) is 128 Å². The minimum absolute atomic E-state index is 0.277. The quantitative estimate of drug-likeness (QED) is 0.0216. The van der Waals surface area contributed by atoms with Gasteiger partial charge in [-0.2, -0.15) is 0 Å². The van der Waals surface area contributed by atoms with E-state index in [0.29, 0.717) is 79.9 Å². The predicted octanol–water partition coefficient (Wildman–Crippen LogP) is 30.0. The van der Waals surface area contributed by atoms with Crippen LogP contribution in [-0.2, 0) is 38.5 Å². The summed E-state index contributed by atoms with van der Waals surface area (Å²) < 4.78 is 0. The molecule has 0 fully saturated rings. The number of amides is 4. The van der Waals surface area contributed by atoms with Gasteiger partial charge in [0.1, 0.15) is 0 Å². The SMILES string of the molecule is CC(C)CCC[C@@H](C)CCCc1cc(N2C(=O)c3ccc4c5ccc6c7c(ccc(c8ccc(c3c48)C2=O)c75)C(=O)N(c2cc(CCC[C@H](C)CCCC(C)C)c(CCC[C@H](C)CCCC(C)C)c(CCC[C@H](C)CCCC(C)C)c2)C6=O)cc(CCC[C@H](C)CCCC(C)C)c1CCC[C@H](C)CCCC(C)C. The number of rotatable bonds is 50. The van der Waals surface area contributed by atoms with E-state index in [1.807, 2.05) is 24.3 Å². The summed E-state index contributed by atoms with van der Waals surface area (Å²) in [6.45, 7) is 42.6. The second-order valence-electron chi connectivity index (χ2n) is 38.5. The molecule has 4 amide bonds. The van der Waals surface area contributed by atoms with E-state index in [0.717, 1.165) is 171 Å². The first-order valence-corrected chi connectivity index (χ1v) is 45.0. The molecule has 6 nitrogen and oxygen atoms in total. The maximum absolute atomic E-state index is 15.8. The van der Waals surface area contributed by atoms with Crippen molar-refractivity contribution in [1.29, 1.82) is 0 Å². The number of hydrogen-bond acceptors (Lipinski definition) is 4. The fourth-order valence-corrected chi connectivity index (χ4v) is 19.0. The van der Waals surface area contributed by atoms with Crippen LogP contribution < -0.4 is 9.80 Å². The molecule has 0 unspecified atom stereocenters. The Morgan fingerprint density at radius 1 is 0.222 bits per heavy atom. The Morgan fingerprint density at radius 2 is 0.407 bits per heavy atom. The minimum Gasteiger partial charge on any atom is -0.268 e. The molecule has 0 saturated heterocycles. The van der Waals surface area contributed by atoms with Crippen molar-refractivity contribution in [3.8, 4) is 0 Å². The zero-order chi connectivity index (χ0) is 77.9. The molecule has 108 heavy (non-hydrogen) atoms. The van der Waals surface area contributed by atoms with E-state index in [1.165, 1.54) is 172 Å². The van der Waals surface area contributed by atoms with Gasteiger partial charge in [-0.1, -0.05) is 303 Å². The lowest BCUT2D eigenvalue weighted by atomic mass is 9.82. The molecule has 6 atom stereocenters. The first kappa shape index (κ1) is 86.1. The molecular weight excluding hydrogens is 1320 g/mol. The lowest BCUT2D eigenvalue weighted by molar-refractivity contribution is 0.0877. The molecule has 0 N–H and O–H groups in total. The van der Waals surface area contributed by atoms with Gasteiger partial charge in [0.2, 0.25) is 0 Å². The first-order chi connectivity index (χ1) is 51.7.